The number of hydrogen-bond acceptors (Lipinski definition) is 0. The minimum absolute atomic E-state index is 0. The molecule has 0 radical (unpaired) electrons. The van der Waals surface area contributed by atoms with Crippen LogP contribution in [0.5, 0.6) is 0 Å². The first-order valence-electron chi connectivity index (χ1n) is 0. The van der Waals surface area contributed by atoms with Crippen LogP contribution in [0.4, 0.5) is 0 Å². The molecule has 2 nitrogen and oxygen atoms in total. The van der Waals surface area contributed by atoms with Crippen LogP contribution < -0.4 is 18.8 Å². The van der Waals surface area contributed by atoms with Crippen molar-refractivity contribution in [1.29, 1.82) is 0 Å². The summed E-state index contributed by atoms with van der Waals surface area (Å²) >= 11 is 0. The molecule has 0 aliphatic heterocycles. The third-order valence-corrected chi connectivity index (χ3v) is 0. The Kier molecular flexibility index (Phi) is 3300000. The Balaban J connectivity index is 0. The molecule has 0 heterocycles. The van der Waals surface area contributed by atoms with Crippen LogP contribution in [-0.2, 0) is 0 Å². The predicted octanol–water partition coefficient (Wildman–Crippen LogP) is -10.9. The third kappa shape index (κ3) is 2310. The molecule has 0 aliphatic rings. The second-order valence-corrected chi connectivity index (χ2v) is 0. The molecule has 0 saturated carbocycles. The smallest absolute Gasteiger partial charge is 1.00 e. The van der Waals surface area contributed by atoms with E-state index in [1.165, 1.54) is 0 Å². The zero-order valence-electron chi connectivity index (χ0n) is 3.37. The van der Waals surface area contributed by atoms with Gasteiger partial charge in [-0.1, -0.05) is 0 Å². The van der Waals surface area contributed by atoms with Gasteiger partial charge in [-0.05, 0) is 0 Å². The summed E-state index contributed by atoms with van der Waals surface area (Å²) < 4.78 is 0. The maximum atomic E-state index is 0. The van der Waals surface area contributed by atoms with Crippen molar-refractivity contribution in [2.24, 2.45) is 0 Å². The molecule has 4 N–H and O–H groups in total. The molecule has 0 fully saturated rings. The van der Waals surface area contributed by atoms with E-state index < -0.39 is 0 Å². The van der Waals surface area contributed by atoms with E-state index in [9.17, 15) is 0 Å². The van der Waals surface area contributed by atoms with E-state index in [2.05, 4.69) is 0 Å². The molecule has 0 atom stereocenters. The summed E-state index contributed by atoms with van der Waals surface area (Å²) in [5.74, 6) is 0. The molecule has 0 amide bonds. The van der Waals surface area contributed by atoms with Crippen LogP contribution in [0.2, 0.25) is 0 Å². The van der Waals surface area contributed by atoms with Crippen LogP contribution in [0.25, 0.3) is 12.3 Å². The van der Waals surface area contributed by atoms with Gasteiger partial charge in [0, 0.05) is 0 Å². The normalized spacial score (nSPS) is 0. The third-order valence-electron chi connectivity index (χ3n) is 0. The summed E-state index contributed by atoms with van der Waals surface area (Å²) in [7, 11) is 0. The molecular formula is H4BeF4N2-4. The van der Waals surface area contributed by atoms with Crippen molar-refractivity contribution < 1.29 is 18.8 Å². The molecule has 48 valence electrons. The quantitative estimate of drug-likeness (QED) is 0.223. The number of halogens is 4. The summed E-state index contributed by atoms with van der Waals surface area (Å²) in [6.45, 7) is 0. The molecule has 0 aliphatic carbocycles. The molecule has 0 rings (SSSR count). The van der Waals surface area contributed by atoms with Crippen molar-refractivity contribution >= 4 is 10.1 Å². The van der Waals surface area contributed by atoms with Gasteiger partial charge in [0.25, 0.3) is 0 Å². The van der Waals surface area contributed by atoms with Crippen LogP contribution in [0.1, 0.15) is 0 Å². The van der Waals surface area contributed by atoms with E-state index in [1.54, 1.807) is 0 Å². The van der Waals surface area contributed by atoms with Crippen molar-refractivity contribution in [3.63, 3.8) is 0 Å². The molecule has 0 unspecified atom stereocenters. The van der Waals surface area contributed by atoms with E-state index in [-0.39, 0.29) is 41.2 Å². The van der Waals surface area contributed by atoms with Crippen LogP contribution in [0.15, 0.2) is 0 Å². The Morgan fingerprint density at radius 2 is 0.429 bits per heavy atom. The Morgan fingerprint density at radius 3 is 0.429 bits per heavy atom. The maximum Gasteiger partial charge on any atom is 2.00 e. The van der Waals surface area contributed by atoms with E-state index in [0.717, 1.165) is 0 Å². The van der Waals surface area contributed by atoms with Crippen LogP contribution >= 0.6 is 0 Å². The second-order valence-electron chi connectivity index (χ2n) is 0. The van der Waals surface area contributed by atoms with Crippen molar-refractivity contribution in [3.05, 3.63) is 12.3 Å². The Morgan fingerprint density at radius 1 is 0.429 bits per heavy atom. The van der Waals surface area contributed by atoms with Gasteiger partial charge in [0.15, 0.2) is 0 Å². The van der Waals surface area contributed by atoms with E-state index >= 15 is 0 Å². The standard InChI is InChI=1S/Be.4FH.2H2N/h;4*1H;2*1H2/q+2;;;;;2*-1/p-4. The first-order chi connectivity index (χ1) is 0. The molecule has 0 aromatic heterocycles. The molecule has 7 heavy (non-hydrogen) atoms. The Labute approximate surface area is 42.5 Å². The number of hydrogen-bond donors (Lipinski definition) is 0. The van der Waals surface area contributed by atoms with Gasteiger partial charge in [0.1, 0.15) is 0 Å². The molecule has 7 heteroatoms. The molecule has 0 aromatic carbocycles. The summed E-state index contributed by atoms with van der Waals surface area (Å²) in [4.78, 5) is 0. The largest absolute Gasteiger partial charge is 2.00 e. The van der Waals surface area contributed by atoms with Crippen molar-refractivity contribution in [2.45, 2.75) is 0 Å². The monoisotopic (exact) mass is 117 g/mol. The topological polar surface area (TPSA) is 67.0 Å². The molecule has 0 aromatic rings. The predicted molar refractivity (Wildman–Crippen MR) is 16.3 cm³/mol. The Bertz CT molecular complexity index is 9.65. The van der Waals surface area contributed by atoms with Crippen molar-refractivity contribution in [3.8, 4) is 0 Å². The fraction of sp³-hybridized carbons (Fsp3) is 0. The average Bonchev–Trinajstić information content (AvgIpc) is 0. The van der Waals surface area contributed by atoms with Crippen LogP contribution in [0, 0.1) is 0 Å². The van der Waals surface area contributed by atoms with Gasteiger partial charge in [-0.3, -0.25) is 0 Å². The summed E-state index contributed by atoms with van der Waals surface area (Å²) in [6.07, 6.45) is 0. The SMILES string of the molecule is [Be+2].[F-].[F-].[F-].[F-].[NH2-].[NH2-]. The fourth-order valence-electron chi connectivity index (χ4n) is 0. The zero-order valence-corrected chi connectivity index (χ0v) is 3.37. The van der Waals surface area contributed by atoms with Gasteiger partial charge in [-0.15, -0.1) is 0 Å². The molecule has 0 saturated heterocycles. The van der Waals surface area contributed by atoms with Gasteiger partial charge in [-0.25, -0.2) is 0 Å². The minimum Gasteiger partial charge on any atom is -1.00 e. The first-order valence-corrected chi connectivity index (χ1v) is 0. The summed E-state index contributed by atoms with van der Waals surface area (Å²) in [5.41, 5.74) is 0. The van der Waals surface area contributed by atoms with E-state index in [1.807, 2.05) is 0 Å². The van der Waals surface area contributed by atoms with Crippen molar-refractivity contribution in [1.82, 2.24) is 0 Å². The first kappa shape index (κ1) is 6290. The maximum absolute atomic E-state index is 0. The number of nitrogens with two attached hydrogens (primary N) is 2. The zero-order chi connectivity index (χ0) is 0. The van der Waals surface area contributed by atoms with E-state index in [0.29, 0.717) is 0 Å². The fourth-order valence-corrected chi connectivity index (χ4v) is 0. The average molecular weight is 117 g/mol. The van der Waals surface area contributed by atoms with Crippen molar-refractivity contribution in [2.75, 3.05) is 0 Å². The van der Waals surface area contributed by atoms with Gasteiger partial charge in [0.05, 0.1) is 0 Å². The second kappa shape index (κ2) is 3680. The van der Waals surface area contributed by atoms with Gasteiger partial charge >= 0.3 is 10.1 Å². The van der Waals surface area contributed by atoms with Gasteiger partial charge in [-0.2, -0.15) is 0 Å². The Hall–Kier alpha value is -0.191. The number of rotatable bonds is 0. The van der Waals surface area contributed by atoms with E-state index in [4.69, 9.17) is 0 Å². The van der Waals surface area contributed by atoms with Gasteiger partial charge in [0.2, 0.25) is 0 Å². The molecule has 0 spiro atoms. The summed E-state index contributed by atoms with van der Waals surface area (Å²) in [5, 5.41) is 0. The summed E-state index contributed by atoms with van der Waals surface area (Å²) in [6, 6.07) is 0. The minimum atomic E-state index is 0. The molecular weight excluding hydrogens is 113 g/mol. The van der Waals surface area contributed by atoms with Gasteiger partial charge < -0.3 is 31.1 Å². The van der Waals surface area contributed by atoms with Crippen LogP contribution in [0.3, 0.4) is 0 Å². The van der Waals surface area contributed by atoms with Crippen LogP contribution in [-0.4, -0.2) is 10.1 Å². The molecule has 0 bridgehead atoms.